The number of thiazole rings is 2. The van der Waals surface area contributed by atoms with Crippen LogP contribution in [0.25, 0.3) is 0 Å². The van der Waals surface area contributed by atoms with E-state index in [2.05, 4.69) is 26.9 Å². The van der Waals surface area contributed by atoms with E-state index in [1.165, 1.54) is 40.8 Å². The molecule has 2 amide bonds. The van der Waals surface area contributed by atoms with Crippen LogP contribution >= 0.6 is 34.4 Å². The Bertz CT molecular complexity index is 1320. The molecule has 2 aromatic heterocycles. The topological polar surface area (TPSA) is 151 Å². The summed E-state index contributed by atoms with van der Waals surface area (Å²) in [6.07, 6.45) is 4.34. The van der Waals surface area contributed by atoms with Crippen LogP contribution in [-0.4, -0.2) is 62.8 Å². The van der Waals surface area contributed by atoms with Gasteiger partial charge < -0.3 is 21.0 Å². The Morgan fingerprint density at radius 2 is 2.17 bits per heavy atom. The highest BCUT2D eigenvalue weighted by Gasteiger charge is 2.55. The molecule has 3 aliphatic rings. The molecule has 5 rings (SSSR count). The number of carbonyl (C=O) groups is 3. The predicted octanol–water partition coefficient (Wildman–Crippen LogP) is 1.05. The van der Waals surface area contributed by atoms with E-state index >= 15 is 0 Å². The Morgan fingerprint density at radius 3 is 2.86 bits per heavy atom. The maximum atomic E-state index is 13.1. The zero-order valence-corrected chi connectivity index (χ0v) is 22.1. The van der Waals surface area contributed by atoms with Crippen LogP contribution in [0.2, 0.25) is 0 Å². The molecule has 0 saturated carbocycles. The van der Waals surface area contributed by atoms with Gasteiger partial charge in [-0.1, -0.05) is 16.5 Å². The van der Waals surface area contributed by atoms with E-state index in [-0.39, 0.29) is 22.2 Å². The number of fused-ring (bicyclic) bond motifs is 2. The lowest BCUT2D eigenvalue weighted by Gasteiger charge is -2.49. The molecule has 4 heterocycles. The molecular formula is C22H25N6O5S3+. The number of nitrogens with zero attached hydrogens (tertiary/aromatic N) is 4. The van der Waals surface area contributed by atoms with Crippen molar-refractivity contribution in [1.29, 1.82) is 0 Å². The molecule has 2 aliphatic heterocycles. The zero-order chi connectivity index (χ0) is 25.6. The van der Waals surface area contributed by atoms with Crippen molar-refractivity contribution in [1.82, 2.24) is 15.2 Å². The number of aromatic nitrogens is 2. The quantitative estimate of drug-likeness (QED) is 0.201. The Balaban J connectivity index is 1.37. The average molecular weight is 550 g/mol. The largest absolute Gasteiger partial charge is 0.477 e. The van der Waals surface area contributed by atoms with E-state index in [9.17, 15) is 19.5 Å². The van der Waals surface area contributed by atoms with Crippen molar-refractivity contribution in [3.63, 3.8) is 0 Å². The number of anilines is 1. The van der Waals surface area contributed by atoms with Crippen molar-refractivity contribution in [2.75, 3.05) is 18.6 Å². The molecule has 0 spiro atoms. The first-order chi connectivity index (χ1) is 17.3. The van der Waals surface area contributed by atoms with Crippen LogP contribution in [0.1, 0.15) is 34.1 Å². The maximum absolute atomic E-state index is 13.1. The number of rotatable bonds is 7. The highest BCUT2D eigenvalue weighted by molar-refractivity contribution is 8.00. The predicted molar refractivity (Wildman–Crippen MR) is 136 cm³/mol. The summed E-state index contributed by atoms with van der Waals surface area (Å²) in [7, 11) is 1.30. The standard InChI is InChI=1S/C22H24N6O5S3/c1-10-27(13-5-3-4-6-14(13)36-10)7-11-8-34-20-16(19(30)28(20)17(11)21(31)32)25-18(29)15(26-33-2)12-9-35-22(23)24-12/h9,16,20H,3-8H2,1-2H3,(H3-,23,24,25,29,31,32)/p+1/b26-15-/t16-,20-/m1/s1. The van der Waals surface area contributed by atoms with Gasteiger partial charge in [0.25, 0.3) is 11.8 Å². The van der Waals surface area contributed by atoms with Crippen LogP contribution in [0, 0.1) is 6.92 Å². The van der Waals surface area contributed by atoms with Gasteiger partial charge in [0.2, 0.25) is 5.01 Å². The smallest absolute Gasteiger partial charge is 0.352 e. The van der Waals surface area contributed by atoms with E-state index in [1.54, 1.807) is 16.7 Å². The minimum absolute atomic E-state index is 0.00923. The monoisotopic (exact) mass is 549 g/mol. The van der Waals surface area contributed by atoms with Gasteiger partial charge in [-0.15, -0.1) is 23.1 Å². The first-order valence-corrected chi connectivity index (χ1v) is 14.1. The molecule has 4 N–H and O–H groups in total. The molecule has 0 radical (unpaired) electrons. The van der Waals surface area contributed by atoms with Gasteiger partial charge in [0, 0.05) is 30.1 Å². The average Bonchev–Trinajstić information content (AvgIpc) is 3.42. The molecule has 0 unspecified atom stereocenters. The van der Waals surface area contributed by atoms with E-state index in [0.717, 1.165) is 35.6 Å². The van der Waals surface area contributed by atoms with Crippen molar-refractivity contribution in [3.05, 3.63) is 37.9 Å². The number of carboxylic acid groups (broad SMARTS) is 1. The van der Waals surface area contributed by atoms with Gasteiger partial charge >= 0.3 is 5.97 Å². The fraction of sp³-hybridized carbons (Fsp3) is 0.455. The zero-order valence-electron chi connectivity index (χ0n) is 19.6. The van der Waals surface area contributed by atoms with Gasteiger partial charge in [-0.05, 0) is 19.3 Å². The first kappa shape index (κ1) is 24.7. The molecule has 190 valence electrons. The number of nitrogen functional groups attached to an aromatic ring is 1. The maximum Gasteiger partial charge on any atom is 0.352 e. The molecule has 14 heteroatoms. The number of amides is 2. The normalized spacial score (nSPS) is 21.6. The third-order valence-electron chi connectivity index (χ3n) is 6.41. The highest BCUT2D eigenvalue weighted by atomic mass is 32.2. The number of hydrogen-bond acceptors (Lipinski definition) is 10. The van der Waals surface area contributed by atoms with E-state index < -0.39 is 29.2 Å². The Hall–Kier alpha value is -2.97. The molecule has 1 fully saturated rings. The SMILES string of the molecule is CO/N=C(\C(=O)N[C@@H]1C(=O)N2C(C(=O)O)=C(C[n+]3c(C)sc4c3CCCC4)CS[C@H]12)c1csc(N)n1. The summed E-state index contributed by atoms with van der Waals surface area (Å²) in [6, 6.07) is -0.889. The second kappa shape index (κ2) is 9.82. The fourth-order valence-electron chi connectivity index (χ4n) is 4.78. The number of carboxylic acids is 1. The number of hydrogen-bond donors (Lipinski definition) is 3. The molecule has 0 bridgehead atoms. The van der Waals surface area contributed by atoms with Crippen LogP contribution in [0.5, 0.6) is 0 Å². The van der Waals surface area contributed by atoms with Gasteiger partial charge in [-0.3, -0.25) is 14.5 Å². The van der Waals surface area contributed by atoms with Crippen molar-refractivity contribution < 1.29 is 28.9 Å². The third kappa shape index (κ3) is 4.26. The van der Waals surface area contributed by atoms with Crippen molar-refractivity contribution >= 4 is 63.1 Å². The molecule has 36 heavy (non-hydrogen) atoms. The van der Waals surface area contributed by atoms with E-state index in [1.807, 2.05) is 0 Å². The number of aliphatic carboxylic acids is 1. The number of β-lactam (4-membered cyclic amide) rings is 1. The van der Waals surface area contributed by atoms with Crippen LogP contribution in [-0.2, 0) is 38.6 Å². The number of oxime groups is 1. The summed E-state index contributed by atoms with van der Waals surface area (Å²) >= 11 is 4.36. The van der Waals surface area contributed by atoms with Gasteiger partial charge in [-0.25, -0.2) is 9.78 Å². The molecule has 1 aliphatic carbocycles. The van der Waals surface area contributed by atoms with Crippen molar-refractivity contribution in [2.24, 2.45) is 5.16 Å². The van der Waals surface area contributed by atoms with Crippen molar-refractivity contribution in [2.45, 2.75) is 50.6 Å². The lowest BCUT2D eigenvalue weighted by Crippen LogP contribution is -2.71. The number of aryl methyl sites for hydroxylation is 2. The minimum Gasteiger partial charge on any atom is -0.477 e. The fourth-order valence-corrected chi connectivity index (χ4v) is 7.89. The number of nitrogens with two attached hydrogens (primary N) is 1. The minimum atomic E-state index is -1.14. The van der Waals surface area contributed by atoms with Gasteiger partial charge in [0.15, 0.2) is 23.1 Å². The molecule has 2 atom stereocenters. The van der Waals surface area contributed by atoms with E-state index in [4.69, 9.17) is 10.6 Å². The van der Waals surface area contributed by atoms with Gasteiger partial charge in [-0.2, -0.15) is 4.57 Å². The highest BCUT2D eigenvalue weighted by Crippen LogP contribution is 2.40. The Kier molecular flexibility index (Phi) is 6.74. The summed E-state index contributed by atoms with van der Waals surface area (Å²) < 4.78 is 2.20. The molecule has 11 nitrogen and oxygen atoms in total. The molecule has 2 aromatic rings. The van der Waals surface area contributed by atoms with Gasteiger partial charge in [0.1, 0.15) is 29.9 Å². The second-order valence-corrected chi connectivity index (χ2v) is 11.9. The number of nitrogens with one attached hydrogen (secondary N) is 1. The van der Waals surface area contributed by atoms with Crippen LogP contribution in [0.4, 0.5) is 5.13 Å². The molecule has 1 saturated heterocycles. The summed E-state index contributed by atoms with van der Waals surface area (Å²) in [6.45, 7) is 2.49. The lowest BCUT2D eigenvalue weighted by molar-refractivity contribution is -0.697. The molecule has 0 aromatic carbocycles. The summed E-state index contributed by atoms with van der Waals surface area (Å²) in [5.74, 6) is -1.82. The first-order valence-electron chi connectivity index (χ1n) is 11.3. The van der Waals surface area contributed by atoms with Crippen LogP contribution in [0.3, 0.4) is 0 Å². The number of thioether (sulfide) groups is 1. The van der Waals surface area contributed by atoms with E-state index in [0.29, 0.717) is 17.9 Å². The summed E-state index contributed by atoms with van der Waals surface area (Å²) in [5, 5.41) is 18.9. The van der Waals surface area contributed by atoms with Crippen LogP contribution in [0.15, 0.2) is 21.8 Å². The van der Waals surface area contributed by atoms with Gasteiger partial charge in [0.05, 0.1) is 4.88 Å². The molecular weight excluding hydrogens is 524 g/mol. The van der Waals surface area contributed by atoms with Crippen LogP contribution < -0.4 is 15.6 Å². The lowest BCUT2D eigenvalue weighted by atomic mass is 10.0. The Morgan fingerprint density at radius 1 is 1.39 bits per heavy atom. The third-order valence-corrected chi connectivity index (χ3v) is 9.63. The Labute approximate surface area is 219 Å². The summed E-state index contributed by atoms with van der Waals surface area (Å²) in [5.41, 5.74) is 7.77. The second-order valence-electron chi connectivity index (χ2n) is 8.60. The number of carbonyl (C=O) groups excluding carboxylic acids is 2. The van der Waals surface area contributed by atoms with Crippen molar-refractivity contribution in [3.8, 4) is 0 Å². The summed E-state index contributed by atoms with van der Waals surface area (Å²) in [4.78, 5) is 49.8.